The van der Waals surface area contributed by atoms with Crippen molar-refractivity contribution in [1.82, 2.24) is 14.5 Å². The fourth-order valence-electron chi connectivity index (χ4n) is 4.26. The minimum Gasteiger partial charge on any atom is -0.497 e. The highest BCUT2D eigenvalue weighted by Crippen LogP contribution is 2.34. The molecule has 0 aliphatic carbocycles. The van der Waals surface area contributed by atoms with Crippen LogP contribution in [0.2, 0.25) is 0 Å². The SMILES string of the molecule is COc1ccc(-n2c(SCC(=O)c3ccc(OC)c(F)c3)nc3sc4c(c3c2=O)CCN(C)C4)cc1. The standard InChI is InChI=1S/C26H24FN3O4S2/c1-29-11-10-18-22(13-29)36-24-23(18)25(32)30(16-5-7-17(33-2)8-6-16)26(28-24)35-14-20(31)15-4-9-21(34-3)19(27)12-15/h4-9,12H,10-11,13-14H2,1-3H3. The van der Waals surface area contributed by atoms with Gasteiger partial charge in [-0.25, -0.2) is 9.37 Å². The van der Waals surface area contributed by atoms with Gasteiger partial charge in [0.2, 0.25) is 0 Å². The van der Waals surface area contributed by atoms with Crippen LogP contribution < -0.4 is 15.0 Å². The van der Waals surface area contributed by atoms with E-state index in [1.807, 2.05) is 0 Å². The molecule has 0 unspecified atom stereocenters. The lowest BCUT2D eigenvalue weighted by Crippen LogP contribution is -2.27. The van der Waals surface area contributed by atoms with Crippen molar-refractivity contribution >= 4 is 39.1 Å². The summed E-state index contributed by atoms with van der Waals surface area (Å²) >= 11 is 2.69. The van der Waals surface area contributed by atoms with Crippen molar-refractivity contribution in [2.24, 2.45) is 0 Å². The highest BCUT2D eigenvalue weighted by molar-refractivity contribution is 7.99. The largest absolute Gasteiger partial charge is 0.497 e. The lowest BCUT2D eigenvalue weighted by molar-refractivity contribution is 0.102. The second kappa shape index (κ2) is 10.0. The molecule has 7 nitrogen and oxygen atoms in total. The van der Waals surface area contributed by atoms with Crippen LogP contribution in [-0.4, -0.2) is 53.8 Å². The van der Waals surface area contributed by atoms with E-state index in [1.165, 1.54) is 36.6 Å². The fraction of sp³-hybridized carbons (Fsp3) is 0.269. The summed E-state index contributed by atoms with van der Waals surface area (Å²) in [5.41, 5.74) is 1.77. The van der Waals surface area contributed by atoms with E-state index in [9.17, 15) is 14.0 Å². The predicted octanol–water partition coefficient (Wildman–Crippen LogP) is 4.57. The topological polar surface area (TPSA) is 73.7 Å². The molecule has 1 aliphatic heterocycles. The maximum absolute atomic E-state index is 14.1. The number of ether oxygens (including phenoxy) is 2. The van der Waals surface area contributed by atoms with E-state index >= 15 is 0 Å². The number of aromatic nitrogens is 2. The molecule has 0 N–H and O–H groups in total. The Morgan fingerprint density at radius 1 is 1.17 bits per heavy atom. The molecule has 0 atom stereocenters. The number of likely N-dealkylation sites (N-methyl/N-ethyl adjacent to an activating group) is 1. The molecule has 0 bridgehead atoms. The first kappa shape index (κ1) is 24.5. The molecule has 0 spiro atoms. The summed E-state index contributed by atoms with van der Waals surface area (Å²) < 4.78 is 25.9. The number of hydrogen-bond acceptors (Lipinski definition) is 8. The van der Waals surface area contributed by atoms with E-state index in [2.05, 4.69) is 11.9 Å². The van der Waals surface area contributed by atoms with E-state index in [-0.39, 0.29) is 28.4 Å². The highest BCUT2D eigenvalue weighted by Gasteiger charge is 2.25. The van der Waals surface area contributed by atoms with E-state index < -0.39 is 5.82 Å². The Balaban J connectivity index is 1.56. The van der Waals surface area contributed by atoms with Gasteiger partial charge in [0, 0.05) is 23.5 Å². The molecule has 0 amide bonds. The maximum atomic E-state index is 14.1. The van der Waals surface area contributed by atoms with E-state index in [4.69, 9.17) is 14.5 Å². The minimum atomic E-state index is -0.600. The summed E-state index contributed by atoms with van der Waals surface area (Å²) in [6.45, 7) is 1.66. The number of rotatable bonds is 7. The van der Waals surface area contributed by atoms with Crippen LogP contribution in [0.15, 0.2) is 52.4 Å². The zero-order chi connectivity index (χ0) is 25.4. The first-order valence-electron chi connectivity index (χ1n) is 11.3. The number of fused-ring (bicyclic) bond motifs is 3. The number of ketones is 1. The third kappa shape index (κ3) is 4.52. The minimum absolute atomic E-state index is 0.00625. The zero-order valence-corrected chi connectivity index (χ0v) is 21.7. The van der Waals surface area contributed by atoms with Crippen molar-refractivity contribution in [3.8, 4) is 17.2 Å². The molecule has 0 saturated heterocycles. The third-order valence-corrected chi connectivity index (χ3v) is 8.22. The molecule has 5 rings (SSSR count). The molecule has 0 fully saturated rings. The van der Waals surface area contributed by atoms with Crippen molar-refractivity contribution in [3.05, 3.63) is 74.6 Å². The van der Waals surface area contributed by atoms with Crippen LogP contribution in [0, 0.1) is 5.82 Å². The Bertz CT molecular complexity index is 1510. The van der Waals surface area contributed by atoms with Crippen LogP contribution in [0.3, 0.4) is 0 Å². The summed E-state index contributed by atoms with van der Waals surface area (Å²) in [4.78, 5) is 35.6. The number of nitrogens with zero attached hydrogens (tertiary/aromatic N) is 3. The Hall–Kier alpha value is -3.21. The van der Waals surface area contributed by atoms with Crippen LogP contribution in [0.4, 0.5) is 4.39 Å². The van der Waals surface area contributed by atoms with Gasteiger partial charge in [0.15, 0.2) is 22.5 Å². The molecular weight excluding hydrogens is 501 g/mol. The second-order valence-electron chi connectivity index (χ2n) is 8.47. The average molecular weight is 526 g/mol. The average Bonchev–Trinajstić information content (AvgIpc) is 3.25. The maximum Gasteiger partial charge on any atom is 0.267 e. The zero-order valence-electron chi connectivity index (χ0n) is 20.0. The normalized spacial score (nSPS) is 13.6. The van der Waals surface area contributed by atoms with E-state index in [0.717, 1.165) is 41.7 Å². The van der Waals surface area contributed by atoms with Crippen LogP contribution in [-0.2, 0) is 13.0 Å². The van der Waals surface area contributed by atoms with Crippen LogP contribution in [0.5, 0.6) is 11.5 Å². The molecule has 186 valence electrons. The highest BCUT2D eigenvalue weighted by atomic mass is 32.2. The molecule has 36 heavy (non-hydrogen) atoms. The lowest BCUT2D eigenvalue weighted by atomic mass is 10.1. The molecule has 0 saturated carbocycles. The van der Waals surface area contributed by atoms with Crippen molar-refractivity contribution in [2.75, 3.05) is 33.6 Å². The summed E-state index contributed by atoms with van der Waals surface area (Å²) in [5, 5.41) is 1.05. The molecule has 0 radical (unpaired) electrons. The number of hydrogen-bond donors (Lipinski definition) is 0. The van der Waals surface area contributed by atoms with Crippen LogP contribution in [0.1, 0.15) is 20.8 Å². The Morgan fingerprint density at radius 2 is 1.94 bits per heavy atom. The summed E-state index contributed by atoms with van der Waals surface area (Å²) in [7, 11) is 5.01. The van der Waals surface area contributed by atoms with Gasteiger partial charge in [0.05, 0.1) is 31.0 Å². The number of methoxy groups -OCH3 is 2. The summed E-state index contributed by atoms with van der Waals surface area (Å²) in [5.74, 6) is -0.135. The van der Waals surface area contributed by atoms with Gasteiger partial charge in [0.1, 0.15) is 10.6 Å². The molecule has 10 heteroatoms. The number of Topliss-reactive ketones (excluding diaryl/α,β-unsaturated/α-hetero) is 1. The van der Waals surface area contributed by atoms with Gasteiger partial charge in [-0.15, -0.1) is 11.3 Å². The van der Waals surface area contributed by atoms with Crippen molar-refractivity contribution < 1.29 is 18.7 Å². The van der Waals surface area contributed by atoms with Gasteiger partial charge in [-0.2, -0.15) is 0 Å². The molecule has 1 aliphatic rings. The number of carbonyl (C=O) groups excluding carboxylic acids is 1. The quantitative estimate of drug-likeness (QED) is 0.199. The number of halogens is 1. The first-order valence-corrected chi connectivity index (χ1v) is 13.1. The van der Waals surface area contributed by atoms with E-state index in [0.29, 0.717) is 26.8 Å². The van der Waals surface area contributed by atoms with Crippen molar-refractivity contribution in [1.29, 1.82) is 0 Å². The molecule has 3 heterocycles. The summed E-state index contributed by atoms with van der Waals surface area (Å²) in [6, 6.07) is 11.3. The Morgan fingerprint density at radius 3 is 2.64 bits per heavy atom. The second-order valence-corrected chi connectivity index (χ2v) is 10.5. The number of thiophene rings is 1. The third-order valence-electron chi connectivity index (χ3n) is 6.17. The van der Waals surface area contributed by atoms with Gasteiger partial charge in [-0.3, -0.25) is 14.2 Å². The smallest absolute Gasteiger partial charge is 0.267 e. The van der Waals surface area contributed by atoms with Gasteiger partial charge in [-0.1, -0.05) is 11.8 Å². The van der Waals surface area contributed by atoms with Gasteiger partial charge in [-0.05, 0) is 61.5 Å². The van der Waals surface area contributed by atoms with Gasteiger partial charge < -0.3 is 14.4 Å². The van der Waals surface area contributed by atoms with Gasteiger partial charge in [0.25, 0.3) is 5.56 Å². The Kier molecular flexibility index (Phi) is 6.83. The van der Waals surface area contributed by atoms with Gasteiger partial charge >= 0.3 is 0 Å². The Labute approximate surface area is 215 Å². The molecule has 2 aromatic heterocycles. The molecular formula is C26H24FN3O4S2. The fourth-order valence-corrected chi connectivity index (χ4v) is 6.51. The predicted molar refractivity (Wildman–Crippen MR) is 140 cm³/mol. The van der Waals surface area contributed by atoms with Crippen LogP contribution >= 0.6 is 23.1 Å². The lowest BCUT2D eigenvalue weighted by Gasteiger charge is -2.21. The van der Waals surface area contributed by atoms with Crippen molar-refractivity contribution in [3.63, 3.8) is 0 Å². The molecule has 4 aromatic rings. The monoisotopic (exact) mass is 525 g/mol. The summed E-state index contributed by atoms with van der Waals surface area (Å²) in [6.07, 6.45) is 0.791. The molecule has 2 aromatic carbocycles. The number of carbonyl (C=O) groups is 1. The van der Waals surface area contributed by atoms with E-state index in [1.54, 1.807) is 35.9 Å². The number of benzene rings is 2. The van der Waals surface area contributed by atoms with Crippen molar-refractivity contribution in [2.45, 2.75) is 18.1 Å². The number of thioether (sulfide) groups is 1. The first-order chi connectivity index (χ1) is 17.4. The van der Waals surface area contributed by atoms with Crippen LogP contribution in [0.25, 0.3) is 15.9 Å².